The molecule has 0 saturated heterocycles. The molecule has 0 bridgehead atoms. The van der Waals surface area contributed by atoms with Gasteiger partial charge in [0.15, 0.2) is 6.10 Å². The average Bonchev–Trinajstić information content (AvgIpc) is 3.45. The third-order valence-corrected chi connectivity index (χ3v) is 6.88. The first-order chi connectivity index (χ1) is 17.7. The van der Waals surface area contributed by atoms with Gasteiger partial charge in [-0.25, -0.2) is 4.79 Å². The molecule has 1 N–H and O–H groups in total. The van der Waals surface area contributed by atoms with Crippen LogP contribution in [0.5, 0.6) is 5.75 Å². The normalized spacial score (nSPS) is 11.7. The van der Waals surface area contributed by atoms with Crippen LogP contribution in [-0.2, 0) is 17.6 Å². The number of aliphatic carboxylic acids is 1. The van der Waals surface area contributed by atoms with Gasteiger partial charge in [-0.15, -0.1) is 0 Å². The molecule has 0 aliphatic carbocycles. The van der Waals surface area contributed by atoms with E-state index in [0.717, 1.165) is 38.9 Å². The van der Waals surface area contributed by atoms with E-state index in [2.05, 4.69) is 41.1 Å². The first-order valence-corrected chi connectivity index (χ1v) is 12.8. The van der Waals surface area contributed by atoms with Gasteiger partial charge in [-0.1, -0.05) is 97.1 Å². The average molecular weight is 491 g/mol. The summed E-state index contributed by atoms with van der Waals surface area (Å²) < 4.78 is 6.32. The zero-order chi connectivity index (χ0) is 24.7. The number of thiophene rings is 1. The van der Waals surface area contributed by atoms with Crippen LogP contribution < -0.4 is 4.74 Å². The third kappa shape index (κ3) is 5.40. The molecule has 1 heterocycles. The van der Waals surface area contributed by atoms with Crippen molar-refractivity contribution in [3.05, 3.63) is 137 Å². The molecule has 0 radical (unpaired) electrons. The molecule has 0 aliphatic heterocycles. The molecular weight excluding hydrogens is 464 g/mol. The third-order valence-electron chi connectivity index (χ3n) is 6.20. The van der Waals surface area contributed by atoms with Crippen molar-refractivity contribution in [3.8, 4) is 28.0 Å². The first kappa shape index (κ1) is 23.6. The van der Waals surface area contributed by atoms with E-state index in [9.17, 15) is 9.90 Å². The number of carbonyl (C=O) groups is 1. The maximum absolute atomic E-state index is 12.3. The lowest BCUT2D eigenvalue weighted by molar-refractivity contribution is -0.145. The van der Waals surface area contributed by atoms with Crippen molar-refractivity contribution in [1.29, 1.82) is 0 Å². The summed E-state index contributed by atoms with van der Waals surface area (Å²) in [6.45, 7) is 0. The van der Waals surface area contributed by atoms with Gasteiger partial charge in [0, 0.05) is 18.4 Å². The number of hydrogen-bond donors (Lipinski definition) is 1. The van der Waals surface area contributed by atoms with E-state index in [-0.39, 0.29) is 6.42 Å². The van der Waals surface area contributed by atoms with Crippen molar-refractivity contribution in [3.63, 3.8) is 0 Å². The Morgan fingerprint density at radius 3 is 2.00 bits per heavy atom. The van der Waals surface area contributed by atoms with Crippen LogP contribution in [-0.4, -0.2) is 17.2 Å². The smallest absolute Gasteiger partial charge is 0.345 e. The summed E-state index contributed by atoms with van der Waals surface area (Å²) in [5.74, 6) is -0.378. The highest BCUT2D eigenvalue weighted by molar-refractivity contribution is 7.08. The van der Waals surface area contributed by atoms with E-state index in [1.54, 1.807) is 11.3 Å². The molecule has 0 aliphatic rings. The van der Waals surface area contributed by atoms with E-state index >= 15 is 0 Å². The molecule has 1 atom stereocenters. The van der Waals surface area contributed by atoms with Gasteiger partial charge in [-0.3, -0.25) is 0 Å². The summed E-state index contributed by atoms with van der Waals surface area (Å²) in [6, 6.07) is 36.2. The Hall–Kier alpha value is -4.15. The zero-order valence-corrected chi connectivity index (χ0v) is 20.5. The number of hydrogen-bond acceptors (Lipinski definition) is 3. The minimum Gasteiger partial charge on any atom is -0.478 e. The minimum absolute atomic E-state index is 0.287. The maximum atomic E-state index is 12.3. The Balaban J connectivity index is 1.65. The van der Waals surface area contributed by atoms with Gasteiger partial charge in [0.25, 0.3) is 0 Å². The second-order valence-electron chi connectivity index (χ2n) is 8.64. The van der Waals surface area contributed by atoms with Crippen LogP contribution in [0.3, 0.4) is 0 Å². The van der Waals surface area contributed by atoms with Gasteiger partial charge in [0.1, 0.15) is 5.75 Å². The summed E-state index contributed by atoms with van der Waals surface area (Å²) >= 11 is 1.64. The second-order valence-corrected chi connectivity index (χ2v) is 9.42. The van der Waals surface area contributed by atoms with Crippen LogP contribution in [0.15, 0.2) is 120 Å². The van der Waals surface area contributed by atoms with Crippen LogP contribution in [0.4, 0.5) is 0 Å². The van der Waals surface area contributed by atoms with E-state index < -0.39 is 12.1 Å². The van der Waals surface area contributed by atoms with Crippen LogP contribution in [0, 0.1) is 0 Å². The summed E-state index contributed by atoms with van der Waals surface area (Å²) in [5, 5.41) is 14.2. The Morgan fingerprint density at radius 1 is 0.750 bits per heavy atom. The quantitative estimate of drug-likeness (QED) is 0.230. The monoisotopic (exact) mass is 490 g/mol. The summed E-state index contributed by atoms with van der Waals surface area (Å²) in [5.41, 5.74) is 7.44. The molecule has 178 valence electrons. The lowest BCUT2D eigenvalue weighted by Crippen LogP contribution is -2.29. The Morgan fingerprint density at radius 2 is 1.39 bits per heavy atom. The number of benzene rings is 4. The van der Waals surface area contributed by atoms with Gasteiger partial charge >= 0.3 is 5.97 Å². The number of rotatable bonds is 9. The Labute approximate surface area is 215 Å². The fraction of sp³-hybridized carbons (Fsp3) is 0.0938. The minimum atomic E-state index is -1.00. The van der Waals surface area contributed by atoms with E-state index in [4.69, 9.17) is 4.74 Å². The van der Waals surface area contributed by atoms with Crippen molar-refractivity contribution in [1.82, 2.24) is 0 Å². The van der Waals surface area contributed by atoms with Gasteiger partial charge in [0.2, 0.25) is 0 Å². The molecule has 1 unspecified atom stereocenters. The highest BCUT2D eigenvalue weighted by Gasteiger charge is 2.24. The molecule has 0 fully saturated rings. The van der Waals surface area contributed by atoms with Crippen LogP contribution in [0.25, 0.3) is 22.3 Å². The second kappa shape index (κ2) is 11.1. The SMILES string of the molecule is O=C(O)C(Cc1ccccc1)Oc1ccc(-c2ccccc2)c(-c2ccsc2)c1Cc1ccccc1. The van der Waals surface area contributed by atoms with Crippen molar-refractivity contribution < 1.29 is 14.6 Å². The molecule has 4 aromatic carbocycles. The molecule has 36 heavy (non-hydrogen) atoms. The number of ether oxygens (including phenoxy) is 1. The van der Waals surface area contributed by atoms with E-state index in [0.29, 0.717) is 12.2 Å². The molecule has 0 amide bonds. The van der Waals surface area contributed by atoms with Crippen molar-refractivity contribution in [2.75, 3.05) is 0 Å². The van der Waals surface area contributed by atoms with Crippen molar-refractivity contribution in [2.24, 2.45) is 0 Å². The highest BCUT2D eigenvalue weighted by atomic mass is 32.1. The lowest BCUT2D eigenvalue weighted by atomic mass is 9.88. The van der Waals surface area contributed by atoms with Crippen LogP contribution in [0.2, 0.25) is 0 Å². The summed E-state index contributed by atoms with van der Waals surface area (Å²) in [6.07, 6.45) is -0.0886. The van der Waals surface area contributed by atoms with Crippen molar-refractivity contribution >= 4 is 17.3 Å². The predicted octanol–water partition coefficient (Wildman–Crippen LogP) is 7.75. The predicted molar refractivity (Wildman–Crippen MR) is 147 cm³/mol. The Kier molecular flexibility index (Phi) is 7.25. The van der Waals surface area contributed by atoms with Crippen LogP contribution >= 0.6 is 11.3 Å². The topological polar surface area (TPSA) is 46.5 Å². The molecule has 4 heteroatoms. The number of carboxylic acid groups (broad SMARTS) is 1. The van der Waals surface area contributed by atoms with Gasteiger partial charge in [-0.05, 0) is 56.3 Å². The summed E-state index contributed by atoms with van der Waals surface area (Å²) in [4.78, 5) is 12.3. The fourth-order valence-electron chi connectivity index (χ4n) is 4.47. The van der Waals surface area contributed by atoms with Gasteiger partial charge < -0.3 is 9.84 Å². The fourth-order valence-corrected chi connectivity index (χ4v) is 5.12. The molecule has 0 spiro atoms. The first-order valence-electron chi connectivity index (χ1n) is 11.9. The lowest BCUT2D eigenvalue weighted by Gasteiger charge is -2.22. The molecular formula is C32H26O3S. The zero-order valence-electron chi connectivity index (χ0n) is 19.7. The molecule has 3 nitrogen and oxygen atoms in total. The number of carboxylic acids is 1. The van der Waals surface area contributed by atoms with Crippen molar-refractivity contribution in [2.45, 2.75) is 18.9 Å². The van der Waals surface area contributed by atoms with E-state index in [1.165, 1.54) is 0 Å². The van der Waals surface area contributed by atoms with Crippen LogP contribution in [0.1, 0.15) is 16.7 Å². The Bertz CT molecular complexity index is 1410. The van der Waals surface area contributed by atoms with E-state index in [1.807, 2.05) is 78.9 Å². The molecule has 0 saturated carbocycles. The highest BCUT2D eigenvalue weighted by Crippen LogP contribution is 2.41. The largest absolute Gasteiger partial charge is 0.478 e. The summed E-state index contributed by atoms with van der Waals surface area (Å²) in [7, 11) is 0. The van der Waals surface area contributed by atoms with Gasteiger partial charge in [0.05, 0.1) is 0 Å². The van der Waals surface area contributed by atoms with Gasteiger partial charge in [-0.2, -0.15) is 11.3 Å². The molecule has 5 aromatic rings. The molecule has 1 aromatic heterocycles. The molecule has 5 rings (SSSR count). The standard InChI is InChI=1S/C32H26O3S/c33-32(34)30(21-24-12-6-2-7-13-24)35-29-17-16-27(25-14-8-3-9-15-25)31(26-18-19-36-22-26)28(29)20-23-10-4-1-5-11-23/h1-19,22,30H,20-21H2,(H,33,34). The maximum Gasteiger partial charge on any atom is 0.345 e.